The molecule has 0 fully saturated rings. The number of aliphatic carboxylic acids is 1. The van der Waals surface area contributed by atoms with Crippen molar-refractivity contribution in [2.75, 3.05) is 20.6 Å². The first kappa shape index (κ1) is 17.1. The van der Waals surface area contributed by atoms with Crippen LogP contribution < -0.4 is 0 Å². The van der Waals surface area contributed by atoms with E-state index >= 15 is 0 Å². The lowest BCUT2D eigenvalue weighted by molar-refractivity contribution is -0.137. The third-order valence-corrected chi connectivity index (χ3v) is 6.30. The summed E-state index contributed by atoms with van der Waals surface area (Å²) in [6, 6.07) is 3.57. The van der Waals surface area contributed by atoms with Crippen molar-refractivity contribution in [3.63, 3.8) is 0 Å². The Morgan fingerprint density at radius 2 is 2.00 bits per heavy atom. The van der Waals surface area contributed by atoms with Crippen molar-refractivity contribution >= 4 is 27.5 Å². The van der Waals surface area contributed by atoms with Gasteiger partial charge in [-0.25, -0.2) is 0 Å². The van der Waals surface area contributed by atoms with E-state index in [4.69, 9.17) is 5.11 Å². The Labute approximate surface area is 123 Å². The second kappa shape index (κ2) is 6.66. The molecule has 20 heavy (non-hydrogen) atoms. The summed E-state index contributed by atoms with van der Waals surface area (Å²) in [4.78, 5) is 12.6. The van der Waals surface area contributed by atoms with Gasteiger partial charge in [-0.15, -0.1) is 11.3 Å². The quantitative estimate of drug-likeness (QED) is 0.829. The molecule has 114 valence electrons. The van der Waals surface area contributed by atoms with Crippen LogP contribution in [0.1, 0.15) is 29.1 Å². The molecule has 0 radical (unpaired) electrons. The molecule has 0 aliphatic heterocycles. The summed E-state index contributed by atoms with van der Waals surface area (Å²) in [5, 5.41) is 8.62. The first-order valence-corrected chi connectivity index (χ1v) is 8.35. The molecule has 0 bridgehead atoms. The predicted octanol–water partition coefficient (Wildman–Crippen LogP) is 1.70. The number of rotatable bonds is 7. The molecule has 1 aromatic heterocycles. The molecule has 6 nitrogen and oxygen atoms in total. The number of carboxylic acids is 1. The summed E-state index contributed by atoms with van der Waals surface area (Å²) in [5.41, 5.74) is 0. The zero-order chi connectivity index (χ0) is 15.5. The van der Waals surface area contributed by atoms with Gasteiger partial charge in [0.2, 0.25) is 0 Å². The highest BCUT2D eigenvalue weighted by Crippen LogP contribution is 2.28. The first-order valence-electron chi connectivity index (χ1n) is 6.13. The molecule has 0 aliphatic carbocycles. The largest absolute Gasteiger partial charge is 0.481 e. The number of carboxylic acid groups (broad SMARTS) is 1. The lowest BCUT2D eigenvalue weighted by Gasteiger charge is -2.28. The molecule has 0 saturated carbocycles. The van der Waals surface area contributed by atoms with Gasteiger partial charge in [0.15, 0.2) is 0 Å². The third-order valence-electron chi connectivity index (χ3n) is 3.12. The Kier molecular flexibility index (Phi) is 5.69. The van der Waals surface area contributed by atoms with E-state index in [2.05, 4.69) is 0 Å². The van der Waals surface area contributed by atoms with E-state index in [1.807, 2.05) is 26.0 Å². The van der Waals surface area contributed by atoms with Crippen LogP contribution in [0.25, 0.3) is 0 Å². The van der Waals surface area contributed by atoms with Crippen LogP contribution >= 0.6 is 11.3 Å². The van der Waals surface area contributed by atoms with Gasteiger partial charge in [-0.3, -0.25) is 4.79 Å². The SMILES string of the molecule is Cc1ccc(C(C)N(C)S(=O)(=O)N(C)CCC(=O)O)s1. The molecule has 0 aromatic carbocycles. The molecule has 1 aromatic rings. The van der Waals surface area contributed by atoms with Gasteiger partial charge in [-0.1, -0.05) is 0 Å². The average Bonchev–Trinajstić information content (AvgIpc) is 2.80. The maximum atomic E-state index is 12.3. The van der Waals surface area contributed by atoms with E-state index in [0.717, 1.165) is 14.1 Å². The van der Waals surface area contributed by atoms with Gasteiger partial charge < -0.3 is 5.11 Å². The number of hydrogen-bond donors (Lipinski definition) is 1. The highest BCUT2D eigenvalue weighted by atomic mass is 32.2. The van der Waals surface area contributed by atoms with E-state index < -0.39 is 16.2 Å². The van der Waals surface area contributed by atoms with Crippen molar-refractivity contribution in [2.24, 2.45) is 0 Å². The van der Waals surface area contributed by atoms with E-state index in [9.17, 15) is 13.2 Å². The highest BCUT2D eigenvalue weighted by Gasteiger charge is 2.29. The second-order valence-electron chi connectivity index (χ2n) is 4.61. The summed E-state index contributed by atoms with van der Waals surface area (Å²) >= 11 is 1.55. The molecule has 1 heterocycles. The first-order chi connectivity index (χ1) is 9.16. The van der Waals surface area contributed by atoms with E-state index in [1.165, 1.54) is 18.4 Å². The molecular weight excluding hydrogens is 300 g/mol. The van der Waals surface area contributed by atoms with Crippen LogP contribution in [0.2, 0.25) is 0 Å². The number of nitrogens with zero attached hydrogens (tertiary/aromatic N) is 2. The third kappa shape index (κ3) is 4.02. The smallest absolute Gasteiger partial charge is 0.304 e. The molecule has 1 atom stereocenters. The Bertz CT molecular complexity index is 568. The molecular formula is C12H20N2O4S2. The fraction of sp³-hybridized carbons (Fsp3) is 0.583. The van der Waals surface area contributed by atoms with Crippen molar-refractivity contribution in [2.45, 2.75) is 26.3 Å². The standard InChI is InChI=1S/C12H20N2O4S2/c1-9-5-6-11(19-9)10(2)14(4)20(17,18)13(3)8-7-12(15)16/h5-6,10H,7-8H2,1-4H3,(H,15,16). The highest BCUT2D eigenvalue weighted by molar-refractivity contribution is 7.86. The van der Waals surface area contributed by atoms with Crippen molar-refractivity contribution < 1.29 is 18.3 Å². The van der Waals surface area contributed by atoms with Gasteiger partial charge in [-0.2, -0.15) is 17.0 Å². The van der Waals surface area contributed by atoms with Gasteiger partial charge in [0, 0.05) is 30.4 Å². The fourth-order valence-corrected chi connectivity index (χ4v) is 3.96. The molecule has 1 rings (SSSR count). The van der Waals surface area contributed by atoms with Crippen molar-refractivity contribution in [3.05, 3.63) is 21.9 Å². The Morgan fingerprint density at radius 1 is 1.40 bits per heavy atom. The number of thiophene rings is 1. The van der Waals surface area contributed by atoms with Gasteiger partial charge in [-0.05, 0) is 26.0 Å². The van der Waals surface area contributed by atoms with Crippen LogP contribution in [0.15, 0.2) is 12.1 Å². The Morgan fingerprint density at radius 3 is 2.45 bits per heavy atom. The zero-order valence-corrected chi connectivity index (χ0v) is 13.7. The molecule has 0 amide bonds. The zero-order valence-electron chi connectivity index (χ0n) is 12.0. The van der Waals surface area contributed by atoms with Gasteiger partial charge in [0.25, 0.3) is 10.2 Å². The van der Waals surface area contributed by atoms with Gasteiger partial charge >= 0.3 is 5.97 Å². The van der Waals surface area contributed by atoms with Gasteiger partial charge in [0.1, 0.15) is 0 Å². The van der Waals surface area contributed by atoms with Gasteiger partial charge in [0.05, 0.1) is 12.5 Å². The summed E-state index contributed by atoms with van der Waals surface area (Å²) in [7, 11) is -0.766. The molecule has 0 spiro atoms. The van der Waals surface area contributed by atoms with Crippen LogP contribution in [-0.4, -0.2) is 48.7 Å². The molecule has 8 heteroatoms. The summed E-state index contributed by atoms with van der Waals surface area (Å²) in [5.74, 6) is -1.02. The minimum atomic E-state index is -3.66. The lowest BCUT2D eigenvalue weighted by atomic mass is 10.3. The summed E-state index contributed by atoms with van der Waals surface area (Å²) in [6.45, 7) is 3.74. The maximum Gasteiger partial charge on any atom is 0.304 e. The van der Waals surface area contributed by atoms with E-state index in [-0.39, 0.29) is 19.0 Å². The normalized spacial score (nSPS) is 13.9. The monoisotopic (exact) mass is 320 g/mol. The molecule has 1 unspecified atom stereocenters. The van der Waals surface area contributed by atoms with Crippen molar-refractivity contribution in [1.82, 2.24) is 8.61 Å². The number of hydrogen-bond acceptors (Lipinski definition) is 4. The minimum Gasteiger partial charge on any atom is -0.481 e. The lowest BCUT2D eigenvalue weighted by Crippen LogP contribution is -2.41. The predicted molar refractivity (Wildman–Crippen MR) is 79.0 cm³/mol. The topological polar surface area (TPSA) is 77.9 Å². The van der Waals surface area contributed by atoms with Crippen LogP contribution in [0.5, 0.6) is 0 Å². The number of aryl methyl sites for hydroxylation is 1. The molecule has 0 saturated heterocycles. The van der Waals surface area contributed by atoms with Crippen LogP contribution in [-0.2, 0) is 15.0 Å². The second-order valence-corrected chi connectivity index (χ2v) is 8.03. The van der Waals surface area contributed by atoms with Crippen LogP contribution in [0.3, 0.4) is 0 Å². The van der Waals surface area contributed by atoms with Crippen LogP contribution in [0, 0.1) is 6.92 Å². The summed E-state index contributed by atoms with van der Waals surface area (Å²) in [6.07, 6.45) is -0.212. The molecule has 1 N–H and O–H groups in total. The maximum absolute atomic E-state index is 12.3. The van der Waals surface area contributed by atoms with E-state index in [0.29, 0.717) is 0 Å². The summed E-state index contributed by atoms with van der Waals surface area (Å²) < 4.78 is 27.0. The Hall–Kier alpha value is -0.960. The Balaban J connectivity index is 2.83. The average molecular weight is 320 g/mol. The van der Waals surface area contributed by atoms with Crippen molar-refractivity contribution in [1.29, 1.82) is 0 Å². The number of carbonyl (C=O) groups is 1. The van der Waals surface area contributed by atoms with Crippen molar-refractivity contribution in [3.8, 4) is 0 Å². The fourth-order valence-electron chi connectivity index (χ4n) is 1.65. The minimum absolute atomic E-state index is 0.0435. The van der Waals surface area contributed by atoms with Crippen LogP contribution in [0.4, 0.5) is 0 Å². The molecule has 0 aliphatic rings. The van der Waals surface area contributed by atoms with E-state index in [1.54, 1.807) is 11.3 Å².